The Morgan fingerprint density at radius 2 is 1.17 bits per heavy atom. The van der Waals surface area contributed by atoms with Gasteiger partial charge in [-0.05, 0) is 127 Å². The lowest BCUT2D eigenvalue weighted by atomic mass is 9.89. The minimum atomic E-state index is -2.47. The van der Waals surface area contributed by atoms with Gasteiger partial charge in [-0.25, -0.2) is 9.59 Å². The van der Waals surface area contributed by atoms with E-state index in [4.69, 9.17) is 56.4 Å². The number of halogens is 2. The number of hydrogen-bond acceptors (Lipinski definition) is 28. The Morgan fingerprint density at radius 1 is 0.537 bits per heavy atom. The van der Waals surface area contributed by atoms with Gasteiger partial charge in [0.15, 0.2) is 35.1 Å². The summed E-state index contributed by atoms with van der Waals surface area (Å²) in [6, 6.07) is 4.60. The molecule has 18 atom stereocenters. The van der Waals surface area contributed by atoms with E-state index in [-0.39, 0.29) is 34.8 Å². The third-order valence-electron chi connectivity index (χ3n) is 21.8. The van der Waals surface area contributed by atoms with Crippen molar-refractivity contribution in [3.8, 4) is 80.1 Å². The number of aliphatic carboxylic acids is 2. The minimum absolute atomic E-state index is 0.151. The topological polar surface area (TPSA) is 569 Å². The van der Waals surface area contributed by atoms with Crippen LogP contribution in [0.2, 0.25) is 10.0 Å². The molecule has 2 saturated heterocycles. The molecule has 0 aliphatic carbocycles. The van der Waals surface area contributed by atoms with Crippen LogP contribution < -0.4 is 60.9 Å². The number of nitrogens with zero attached hydrogens (tertiary/aromatic N) is 1. The number of carboxylic acid groups (broad SMARTS) is 2. The summed E-state index contributed by atoms with van der Waals surface area (Å²) in [5.41, 5.74) is -3.24. The number of aromatic hydroxyl groups is 4. The maximum Gasteiger partial charge on any atom is 0.335 e. The highest BCUT2D eigenvalue weighted by Gasteiger charge is 2.52. The van der Waals surface area contributed by atoms with E-state index in [1.54, 1.807) is 14.1 Å². The van der Waals surface area contributed by atoms with Crippen LogP contribution in [0, 0.1) is 5.92 Å². The van der Waals surface area contributed by atoms with Crippen LogP contribution in [0.3, 0.4) is 0 Å². The molecule has 15 rings (SSSR count). The number of rotatable bonds is 18. The number of phenolic OH excluding ortho intramolecular Hbond substituents is 4. The van der Waals surface area contributed by atoms with Gasteiger partial charge in [-0.1, -0.05) is 106 Å². The van der Waals surface area contributed by atoms with Crippen LogP contribution in [0.25, 0.3) is 11.1 Å². The Kier molecular flexibility index (Phi) is 27.1. The van der Waals surface area contributed by atoms with Crippen LogP contribution in [-0.2, 0) is 59.0 Å². The molecule has 0 spiro atoms. The lowest BCUT2D eigenvalue weighted by Gasteiger charge is -2.41. The van der Waals surface area contributed by atoms with Gasteiger partial charge in [-0.15, -0.1) is 0 Å². The molecule has 0 aromatic heterocycles. The maximum atomic E-state index is 16.7. The zero-order valence-electron chi connectivity index (χ0n) is 66.1. The molecule has 7 amide bonds. The lowest BCUT2D eigenvalue weighted by Crippen LogP contribution is -2.66. The first-order valence-corrected chi connectivity index (χ1v) is 40.0. The third kappa shape index (κ3) is 19.3. The maximum absolute atomic E-state index is 16.7. The summed E-state index contributed by atoms with van der Waals surface area (Å²) in [6.45, 7) is 3.26. The van der Waals surface area contributed by atoms with Crippen LogP contribution >= 0.6 is 23.2 Å². The summed E-state index contributed by atoms with van der Waals surface area (Å²) in [5, 5.41) is 165. The van der Waals surface area contributed by atoms with Gasteiger partial charge >= 0.3 is 11.9 Å². The second-order valence-corrected chi connectivity index (χ2v) is 32.0. The SMILES string of the molecule is CC(C)CCCCCCCCC(=O)N[C@H]1[C@H](Oc2c3cc4cc2Oc2ccc(cc2Cl)[C@@H](O)[C@@H]2NC(=O)[C@H](NC(=O)[C@@H]4NC(=O)[C@H]4NC(=O)[C@@H](Cc5ccc(cc5)O3)NC(=O)[C@@H](N(C)C)c3ccc(O)c(c3)Oc3cc(O)c(Cl)c4c3)c3ccc(O)c(c3)-c3c(O[C@H]4O[C@H](CO)[C@@H](O)[C@H](O)[C@@H]4O)cc(O)cc3[C@H](C(=O)O)NC2=O)O[C@H](C(=O)O)[C@@H](O)[C@@H]1O. The summed E-state index contributed by atoms with van der Waals surface area (Å²) in [7, 11) is 3.09. The van der Waals surface area contributed by atoms with Gasteiger partial charge in [-0.2, -0.15) is 0 Å². The number of carbonyl (C=O) groups excluding carboxylic acids is 7. The molecule has 0 radical (unpaired) electrons. The molecule has 654 valence electrons. The Hall–Kier alpha value is -11.8. The molecule has 37 nitrogen and oxygen atoms in total. The molecule has 8 aliphatic rings. The van der Waals surface area contributed by atoms with E-state index in [9.17, 15) is 85.6 Å². The number of amides is 7. The average Bonchev–Trinajstić information content (AvgIpc) is 0.767. The molecule has 7 aromatic rings. The van der Waals surface area contributed by atoms with Gasteiger partial charge in [0.25, 0.3) is 0 Å². The number of aliphatic hydroxyl groups excluding tert-OH is 7. The number of carbonyl (C=O) groups is 9. The van der Waals surface area contributed by atoms with Crippen molar-refractivity contribution in [1.82, 2.24) is 42.1 Å². The van der Waals surface area contributed by atoms with Gasteiger partial charge in [0.05, 0.1) is 16.7 Å². The molecule has 8 aliphatic heterocycles. The van der Waals surface area contributed by atoms with E-state index in [1.165, 1.54) is 47.4 Å². The zero-order valence-corrected chi connectivity index (χ0v) is 67.6. The van der Waals surface area contributed by atoms with E-state index in [0.717, 1.165) is 105 Å². The fourth-order valence-corrected chi connectivity index (χ4v) is 15.9. The van der Waals surface area contributed by atoms with Gasteiger partial charge in [0, 0.05) is 47.2 Å². The first-order chi connectivity index (χ1) is 58.5. The van der Waals surface area contributed by atoms with Gasteiger partial charge in [0.2, 0.25) is 59.7 Å². The number of phenols is 4. The second-order valence-electron chi connectivity index (χ2n) is 31.2. The molecular weight excluding hydrogens is 1660 g/mol. The summed E-state index contributed by atoms with van der Waals surface area (Å²) < 4.78 is 44.0. The first-order valence-electron chi connectivity index (χ1n) is 39.3. The van der Waals surface area contributed by atoms with Crippen LogP contribution in [0.5, 0.6) is 69.0 Å². The van der Waals surface area contributed by atoms with E-state index >= 15 is 24.0 Å². The fourth-order valence-electron chi connectivity index (χ4n) is 15.4. The Labute approximate surface area is 710 Å². The molecule has 2 fully saturated rings. The zero-order chi connectivity index (χ0) is 88.4. The average molecular weight is 1750 g/mol. The number of carboxylic acids is 2. The smallest absolute Gasteiger partial charge is 0.335 e. The van der Waals surface area contributed by atoms with Gasteiger partial charge in [-0.3, -0.25) is 38.5 Å². The van der Waals surface area contributed by atoms with Crippen molar-refractivity contribution < 1.29 is 143 Å². The van der Waals surface area contributed by atoms with E-state index in [2.05, 4.69) is 51.1 Å². The predicted octanol–water partition coefficient (Wildman–Crippen LogP) is 4.53. The van der Waals surface area contributed by atoms with Crippen molar-refractivity contribution in [1.29, 1.82) is 0 Å². The Bertz CT molecular complexity index is 5230. The molecule has 20 N–H and O–H groups in total. The van der Waals surface area contributed by atoms with Crippen molar-refractivity contribution >= 4 is 76.5 Å². The van der Waals surface area contributed by atoms with Gasteiger partial charge in [0.1, 0.15) is 125 Å². The van der Waals surface area contributed by atoms with Crippen LogP contribution in [-0.4, -0.2) is 219 Å². The highest BCUT2D eigenvalue weighted by atomic mass is 35.5. The highest BCUT2D eigenvalue weighted by Crippen LogP contribution is 2.51. The lowest BCUT2D eigenvalue weighted by molar-refractivity contribution is -0.277. The highest BCUT2D eigenvalue weighted by molar-refractivity contribution is 6.33. The van der Waals surface area contributed by atoms with Crippen molar-refractivity contribution in [2.24, 2.45) is 5.92 Å². The van der Waals surface area contributed by atoms with Crippen molar-refractivity contribution in [3.05, 3.63) is 164 Å². The fraction of sp³-hybridized carbons (Fsp3) is 0.393. The number of fused-ring (bicyclic) bond motifs is 14. The number of likely N-dealkylation sites (N-methyl/N-ethyl adjacent to an activating group) is 1. The Balaban J connectivity index is 1.04. The van der Waals surface area contributed by atoms with E-state index < -0.39 is 271 Å². The molecular formula is C84H90Cl2N8O29. The number of aliphatic hydroxyl groups is 7. The largest absolute Gasteiger partial charge is 0.508 e. The molecule has 17 bridgehead atoms. The minimum Gasteiger partial charge on any atom is -0.508 e. The number of unbranched alkanes of at least 4 members (excludes halogenated alkanes) is 5. The summed E-state index contributed by atoms with van der Waals surface area (Å²) in [6.07, 6.45) is -16.3. The summed E-state index contributed by atoms with van der Waals surface area (Å²) >= 11 is 14.2. The molecule has 123 heavy (non-hydrogen) atoms. The van der Waals surface area contributed by atoms with Crippen LogP contribution in [0.1, 0.15) is 140 Å². The van der Waals surface area contributed by atoms with Crippen molar-refractivity contribution in [2.75, 3.05) is 20.7 Å². The number of nitrogens with one attached hydrogen (secondary N) is 7. The predicted molar refractivity (Wildman–Crippen MR) is 428 cm³/mol. The number of hydrogen-bond donors (Lipinski definition) is 20. The molecule has 7 aromatic carbocycles. The molecule has 0 saturated carbocycles. The third-order valence-corrected chi connectivity index (χ3v) is 22.5. The standard InChI is InChI=1S/C84H90Cl2N8O29/c1-34(2)11-9-7-5-6-8-10-12-57(100)88-65-69(103)71(105)74(82(115)116)123-83(65)122-73-54-27-39-28-55(73)119-51-22-17-38(25-46(51)85)67(101)64-79(111)92-63(81(113)114)44-29-40(96)30-53(120-84-72(106)70(104)68(102)56(33-95)121-84)58(44)43-24-36(15-20-48(43)97)60(76(108)93-64)89-77(109)61(39)90-78(110)62-45-31-42(32-50(99)59(45)86)118-52-26-37(16-21-49(52)98)66(94(3)4)80(112)87-47(75(107)91-62)23-35-13-18-41(117-54)19-14-35/h13-22,24-32,34,47,56,60-72,74,83-84,95-99,101-106H,5-12,23,33H2,1-4H3,(H,87,112)(H,88,100)(H,89,109)(H,90,110)(H,91,107)(H,92,111)(H,93,108)(H,113,114)(H,115,116)/t47-,56-,60-,61-,62+,63-,64+,65-,66+,67-,68-,69-,70+,71+,72+,74+,83-,84+/m1/s1. The summed E-state index contributed by atoms with van der Waals surface area (Å²) in [5.74, 6) is -18.9. The van der Waals surface area contributed by atoms with Crippen LogP contribution in [0.4, 0.5) is 0 Å². The quantitative estimate of drug-likeness (QED) is 0.0525. The normalized spacial score (nSPS) is 26.4. The van der Waals surface area contributed by atoms with Crippen molar-refractivity contribution in [3.63, 3.8) is 0 Å². The van der Waals surface area contributed by atoms with E-state index in [1.807, 2.05) is 0 Å². The first kappa shape index (κ1) is 88.9. The second kappa shape index (κ2) is 37.5. The van der Waals surface area contributed by atoms with E-state index in [0.29, 0.717) is 24.3 Å². The molecule has 0 unspecified atom stereocenters. The van der Waals surface area contributed by atoms with Gasteiger partial charge < -0.3 is 137 Å². The molecule has 39 heteroatoms. The Morgan fingerprint density at radius 3 is 1.85 bits per heavy atom. The summed E-state index contributed by atoms with van der Waals surface area (Å²) in [4.78, 5) is 138. The number of benzene rings is 7. The number of ether oxygens (including phenoxy) is 7. The van der Waals surface area contributed by atoms with Crippen molar-refractivity contribution in [2.45, 2.75) is 181 Å². The van der Waals surface area contributed by atoms with Crippen LogP contribution in [0.15, 0.2) is 115 Å². The monoisotopic (exact) mass is 1740 g/mol. The molecule has 8 heterocycles.